The average molecular weight is 439 g/mol. The van der Waals surface area contributed by atoms with Crippen molar-refractivity contribution < 1.29 is 17.9 Å². The first-order valence-electron chi connectivity index (χ1n) is 9.49. The molecule has 9 heteroatoms. The minimum atomic E-state index is -3.86. The smallest absolute Gasteiger partial charge is 0.265 e. The second-order valence-electron chi connectivity index (χ2n) is 7.08. The Balaban J connectivity index is 1.68. The van der Waals surface area contributed by atoms with Crippen LogP contribution in [-0.4, -0.2) is 37.2 Å². The van der Waals surface area contributed by atoms with Crippen molar-refractivity contribution in [3.8, 4) is 22.9 Å². The van der Waals surface area contributed by atoms with Crippen LogP contribution in [-0.2, 0) is 10.0 Å². The number of sulfonamides is 1. The molecule has 0 aliphatic carbocycles. The van der Waals surface area contributed by atoms with Crippen molar-refractivity contribution in [1.29, 1.82) is 0 Å². The summed E-state index contributed by atoms with van der Waals surface area (Å²) < 4.78 is 40.8. The number of rotatable bonds is 6. The van der Waals surface area contributed by atoms with Gasteiger partial charge in [0.15, 0.2) is 5.65 Å². The number of imidazole rings is 1. The topological polar surface area (TPSA) is 94.8 Å². The lowest BCUT2D eigenvalue weighted by atomic mass is 10.1. The Morgan fingerprint density at radius 2 is 1.74 bits per heavy atom. The molecule has 0 aliphatic rings. The standard InChI is InChI=1S/C22H22N4O4S/c1-14-10-19(29-3)20(11-15(14)2)31(27,28)25-17-7-5-6-16(12-17)18-13-26-21(23-18)8-9-22(24-26)30-4/h5-13,25H,1-4H3. The number of nitrogens with one attached hydrogen (secondary N) is 1. The zero-order chi connectivity index (χ0) is 22.2. The van der Waals surface area contributed by atoms with E-state index in [1.54, 1.807) is 60.3 Å². The Morgan fingerprint density at radius 3 is 2.48 bits per heavy atom. The number of hydrogen-bond acceptors (Lipinski definition) is 6. The van der Waals surface area contributed by atoms with Crippen molar-refractivity contribution in [2.45, 2.75) is 18.7 Å². The highest BCUT2D eigenvalue weighted by molar-refractivity contribution is 7.92. The van der Waals surface area contributed by atoms with Crippen molar-refractivity contribution in [2.75, 3.05) is 18.9 Å². The molecule has 160 valence electrons. The molecule has 0 unspecified atom stereocenters. The van der Waals surface area contributed by atoms with E-state index in [1.165, 1.54) is 7.11 Å². The number of methoxy groups -OCH3 is 2. The Labute approximate surface area is 180 Å². The van der Waals surface area contributed by atoms with Gasteiger partial charge in [0.25, 0.3) is 10.0 Å². The van der Waals surface area contributed by atoms with Gasteiger partial charge in [-0.15, -0.1) is 5.10 Å². The first kappa shape index (κ1) is 20.7. The fraction of sp³-hybridized carbons (Fsp3) is 0.182. The van der Waals surface area contributed by atoms with Gasteiger partial charge in [-0.05, 0) is 55.3 Å². The lowest BCUT2D eigenvalue weighted by Crippen LogP contribution is -2.14. The van der Waals surface area contributed by atoms with Crippen molar-refractivity contribution in [3.63, 3.8) is 0 Å². The van der Waals surface area contributed by atoms with Gasteiger partial charge in [-0.3, -0.25) is 4.72 Å². The number of benzene rings is 2. The van der Waals surface area contributed by atoms with E-state index >= 15 is 0 Å². The molecule has 2 heterocycles. The molecule has 2 aromatic heterocycles. The Bertz CT molecular complexity index is 1380. The maximum Gasteiger partial charge on any atom is 0.265 e. The maximum atomic E-state index is 13.1. The van der Waals surface area contributed by atoms with Crippen LogP contribution in [0.2, 0.25) is 0 Å². The highest BCUT2D eigenvalue weighted by Gasteiger charge is 2.21. The summed E-state index contributed by atoms with van der Waals surface area (Å²) in [5.41, 5.74) is 4.29. The van der Waals surface area contributed by atoms with Crippen LogP contribution >= 0.6 is 0 Å². The lowest BCUT2D eigenvalue weighted by molar-refractivity contribution is 0.390. The van der Waals surface area contributed by atoms with Gasteiger partial charge in [-0.25, -0.2) is 17.9 Å². The summed E-state index contributed by atoms with van der Waals surface area (Å²) in [4.78, 5) is 4.64. The van der Waals surface area contributed by atoms with Crippen molar-refractivity contribution in [2.24, 2.45) is 0 Å². The predicted octanol–water partition coefficient (Wildman–Crippen LogP) is 3.83. The van der Waals surface area contributed by atoms with E-state index in [1.807, 2.05) is 19.9 Å². The van der Waals surface area contributed by atoms with E-state index in [0.717, 1.165) is 16.7 Å². The maximum absolute atomic E-state index is 13.1. The lowest BCUT2D eigenvalue weighted by Gasteiger charge is -2.14. The number of anilines is 1. The summed E-state index contributed by atoms with van der Waals surface area (Å²) in [5, 5.41) is 4.30. The molecule has 0 atom stereocenters. The van der Waals surface area contributed by atoms with Crippen molar-refractivity contribution >= 4 is 21.4 Å². The molecule has 0 spiro atoms. The third kappa shape index (κ3) is 4.04. The van der Waals surface area contributed by atoms with E-state index in [2.05, 4.69) is 14.8 Å². The Hall–Kier alpha value is -3.59. The molecule has 4 rings (SSSR count). The molecule has 0 amide bonds. The van der Waals surface area contributed by atoms with Gasteiger partial charge >= 0.3 is 0 Å². The van der Waals surface area contributed by atoms with Gasteiger partial charge in [-0.2, -0.15) is 0 Å². The van der Waals surface area contributed by atoms with Crippen LogP contribution in [0.25, 0.3) is 16.9 Å². The highest BCUT2D eigenvalue weighted by Crippen LogP contribution is 2.30. The Morgan fingerprint density at radius 1 is 0.968 bits per heavy atom. The van der Waals surface area contributed by atoms with Gasteiger partial charge in [-0.1, -0.05) is 12.1 Å². The van der Waals surface area contributed by atoms with Crippen LogP contribution in [0.15, 0.2) is 59.6 Å². The molecule has 1 N–H and O–H groups in total. The predicted molar refractivity (Wildman–Crippen MR) is 118 cm³/mol. The summed E-state index contributed by atoms with van der Waals surface area (Å²) in [6.45, 7) is 3.77. The van der Waals surface area contributed by atoms with Crippen LogP contribution < -0.4 is 14.2 Å². The normalized spacial score (nSPS) is 11.5. The first-order chi connectivity index (χ1) is 14.8. The first-order valence-corrected chi connectivity index (χ1v) is 11.0. The number of nitrogens with zero attached hydrogens (tertiary/aromatic N) is 3. The summed E-state index contributed by atoms with van der Waals surface area (Å²) in [6, 6.07) is 13.9. The number of fused-ring (bicyclic) bond motifs is 1. The van der Waals surface area contributed by atoms with Gasteiger partial charge < -0.3 is 9.47 Å². The second-order valence-corrected chi connectivity index (χ2v) is 8.73. The molecule has 4 aromatic rings. The molecule has 2 aromatic carbocycles. The second kappa shape index (κ2) is 7.92. The molecule has 8 nitrogen and oxygen atoms in total. The van der Waals surface area contributed by atoms with Crippen LogP contribution in [0.3, 0.4) is 0 Å². The molecule has 0 saturated carbocycles. The number of ether oxygens (including phenoxy) is 2. The molecule has 0 fully saturated rings. The van der Waals surface area contributed by atoms with Crippen LogP contribution in [0.1, 0.15) is 11.1 Å². The van der Waals surface area contributed by atoms with E-state index in [9.17, 15) is 8.42 Å². The molecule has 0 aliphatic heterocycles. The van der Waals surface area contributed by atoms with Crippen LogP contribution in [0.5, 0.6) is 11.6 Å². The van der Waals surface area contributed by atoms with Gasteiger partial charge in [0.05, 0.1) is 26.1 Å². The van der Waals surface area contributed by atoms with Crippen molar-refractivity contribution in [1.82, 2.24) is 14.6 Å². The molecule has 31 heavy (non-hydrogen) atoms. The molecule has 0 radical (unpaired) electrons. The molecular formula is C22H22N4O4S. The number of aromatic nitrogens is 3. The highest BCUT2D eigenvalue weighted by atomic mass is 32.2. The molecule has 0 saturated heterocycles. The SMILES string of the molecule is COc1ccc2nc(-c3cccc(NS(=O)(=O)c4cc(C)c(C)cc4OC)c3)cn2n1. The Kier molecular flexibility index (Phi) is 5.28. The number of hydrogen-bond donors (Lipinski definition) is 1. The minimum absolute atomic E-state index is 0.0903. The van der Waals surface area contributed by atoms with E-state index < -0.39 is 10.0 Å². The van der Waals surface area contributed by atoms with E-state index in [4.69, 9.17) is 9.47 Å². The summed E-state index contributed by atoms with van der Waals surface area (Å²) in [6.07, 6.45) is 1.76. The van der Waals surface area contributed by atoms with Crippen LogP contribution in [0.4, 0.5) is 5.69 Å². The minimum Gasteiger partial charge on any atom is -0.495 e. The quantitative estimate of drug-likeness (QED) is 0.492. The van der Waals surface area contributed by atoms with E-state index in [0.29, 0.717) is 28.7 Å². The zero-order valence-corrected chi connectivity index (χ0v) is 18.4. The monoisotopic (exact) mass is 438 g/mol. The average Bonchev–Trinajstić information content (AvgIpc) is 3.18. The third-order valence-electron chi connectivity index (χ3n) is 4.98. The fourth-order valence-corrected chi connectivity index (χ4v) is 4.48. The van der Waals surface area contributed by atoms with E-state index in [-0.39, 0.29) is 4.90 Å². The van der Waals surface area contributed by atoms with Crippen molar-refractivity contribution in [3.05, 3.63) is 65.9 Å². The molecule has 0 bridgehead atoms. The largest absolute Gasteiger partial charge is 0.495 e. The van der Waals surface area contributed by atoms with Gasteiger partial charge in [0.2, 0.25) is 5.88 Å². The molecular weight excluding hydrogens is 416 g/mol. The summed E-state index contributed by atoms with van der Waals surface area (Å²) >= 11 is 0. The van der Waals surface area contributed by atoms with Gasteiger partial charge in [0, 0.05) is 17.3 Å². The number of aryl methyl sites for hydroxylation is 2. The summed E-state index contributed by atoms with van der Waals surface area (Å²) in [7, 11) is -0.855. The zero-order valence-electron chi connectivity index (χ0n) is 17.6. The van der Waals surface area contributed by atoms with Crippen LogP contribution in [0, 0.1) is 13.8 Å². The van der Waals surface area contributed by atoms with Gasteiger partial charge in [0.1, 0.15) is 10.6 Å². The third-order valence-corrected chi connectivity index (χ3v) is 6.39. The fourth-order valence-electron chi connectivity index (χ4n) is 3.20. The summed E-state index contributed by atoms with van der Waals surface area (Å²) in [5.74, 6) is 0.771.